The van der Waals surface area contributed by atoms with Gasteiger partial charge in [-0.3, -0.25) is 0 Å². The predicted octanol–water partition coefficient (Wildman–Crippen LogP) is 3.76. The molecule has 0 bridgehead atoms. The summed E-state index contributed by atoms with van der Waals surface area (Å²) in [7, 11) is 0. The molecular weight excluding hydrogens is 222 g/mol. The van der Waals surface area contributed by atoms with Crippen LogP contribution in [0.3, 0.4) is 0 Å². The van der Waals surface area contributed by atoms with Crippen LogP contribution >= 0.6 is 0 Å². The topological polar surface area (TPSA) is 43.8 Å². The Morgan fingerprint density at radius 3 is 2.78 bits per heavy atom. The van der Waals surface area contributed by atoms with E-state index >= 15 is 0 Å². The van der Waals surface area contributed by atoms with Gasteiger partial charge >= 0.3 is 0 Å². The molecule has 0 unspecified atom stereocenters. The van der Waals surface area contributed by atoms with Crippen molar-refractivity contribution >= 4 is 16.7 Å². The number of hydrogen-bond donors (Lipinski definition) is 1. The molecule has 2 aromatic rings. The molecule has 1 fully saturated rings. The van der Waals surface area contributed by atoms with Crippen LogP contribution in [0.25, 0.3) is 11.0 Å². The Morgan fingerprint density at radius 1 is 1.28 bits per heavy atom. The van der Waals surface area contributed by atoms with E-state index in [4.69, 9.17) is 5.73 Å². The SMILES string of the molecule is CCC1CCC(n2cnc3cc(N)ccc32)CC1. The smallest absolute Gasteiger partial charge is 0.0960 e. The molecule has 1 aliphatic rings. The van der Waals surface area contributed by atoms with Crippen molar-refractivity contribution in [2.45, 2.75) is 45.1 Å². The van der Waals surface area contributed by atoms with Crippen molar-refractivity contribution in [2.75, 3.05) is 5.73 Å². The summed E-state index contributed by atoms with van der Waals surface area (Å²) in [5.41, 5.74) is 8.84. The van der Waals surface area contributed by atoms with E-state index < -0.39 is 0 Å². The van der Waals surface area contributed by atoms with E-state index in [2.05, 4.69) is 22.5 Å². The number of benzene rings is 1. The Kier molecular flexibility index (Phi) is 2.98. The maximum atomic E-state index is 5.80. The zero-order valence-electron chi connectivity index (χ0n) is 11.0. The van der Waals surface area contributed by atoms with Crippen LogP contribution in [0.4, 0.5) is 5.69 Å². The maximum Gasteiger partial charge on any atom is 0.0960 e. The average Bonchev–Trinajstić information content (AvgIpc) is 2.81. The molecule has 1 aromatic carbocycles. The number of nitrogen functional groups attached to an aromatic ring is 1. The van der Waals surface area contributed by atoms with E-state index in [-0.39, 0.29) is 0 Å². The first-order chi connectivity index (χ1) is 8.78. The lowest BCUT2D eigenvalue weighted by Gasteiger charge is -2.29. The third-order valence-corrected chi connectivity index (χ3v) is 4.39. The van der Waals surface area contributed by atoms with Gasteiger partial charge in [-0.15, -0.1) is 0 Å². The molecule has 0 atom stereocenters. The van der Waals surface area contributed by atoms with Crippen LogP contribution < -0.4 is 5.73 Å². The highest BCUT2D eigenvalue weighted by Gasteiger charge is 2.22. The molecule has 1 saturated carbocycles. The highest BCUT2D eigenvalue weighted by Crippen LogP contribution is 2.35. The van der Waals surface area contributed by atoms with Crippen molar-refractivity contribution in [1.29, 1.82) is 0 Å². The minimum absolute atomic E-state index is 0.626. The number of nitrogens with two attached hydrogens (primary N) is 1. The van der Waals surface area contributed by atoms with E-state index in [0.29, 0.717) is 6.04 Å². The van der Waals surface area contributed by atoms with Gasteiger partial charge in [0.05, 0.1) is 17.4 Å². The molecule has 2 N–H and O–H groups in total. The summed E-state index contributed by atoms with van der Waals surface area (Å²) < 4.78 is 2.35. The van der Waals surface area contributed by atoms with Crippen LogP contribution in [0.1, 0.15) is 45.1 Å². The van der Waals surface area contributed by atoms with E-state index in [9.17, 15) is 0 Å². The van der Waals surface area contributed by atoms with E-state index in [1.807, 2.05) is 18.5 Å². The molecule has 3 nitrogen and oxygen atoms in total. The van der Waals surface area contributed by atoms with Gasteiger partial charge in [0.2, 0.25) is 0 Å². The summed E-state index contributed by atoms with van der Waals surface area (Å²) in [5, 5.41) is 0. The monoisotopic (exact) mass is 243 g/mol. The van der Waals surface area contributed by atoms with Gasteiger partial charge in [0.25, 0.3) is 0 Å². The second-order valence-corrected chi connectivity index (χ2v) is 5.48. The van der Waals surface area contributed by atoms with Gasteiger partial charge in [-0.1, -0.05) is 13.3 Å². The van der Waals surface area contributed by atoms with E-state index in [1.165, 1.54) is 37.6 Å². The van der Waals surface area contributed by atoms with Gasteiger partial charge in [-0.25, -0.2) is 4.98 Å². The van der Waals surface area contributed by atoms with E-state index in [0.717, 1.165) is 17.1 Å². The minimum atomic E-state index is 0.626. The number of aromatic nitrogens is 2. The van der Waals surface area contributed by atoms with Gasteiger partial charge in [0.1, 0.15) is 0 Å². The quantitative estimate of drug-likeness (QED) is 0.816. The zero-order chi connectivity index (χ0) is 12.5. The highest BCUT2D eigenvalue weighted by atomic mass is 15.1. The fraction of sp³-hybridized carbons (Fsp3) is 0.533. The third-order valence-electron chi connectivity index (χ3n) is 4.39. The molecule has 0 aliphatic heterocycles. The van der Waals surface area contributed by atoms with Crippen molar-refractivity contribution in [2.24, 2.45) is 5.92 Å². The summed E-state index contributed by atoms with van der Waals surface area (Å²) >= 11 is 0. The molecule has 18 heavy (non-hydrogen) atoms. The van der Waals surface area contributed by atoms with Crippen LogP contribution in [0.2, 0.25) is 0 Å². The first-order valence-corrected chi connectivity index (χ1v) is 7.00. The standard InChI is InChI=1S/C15H21N3/c1-2-11-3-6-13(7-4-11)18-10-17-14-9-12(16)5-8-15(14)18/h5,8-11,13H,2-4,6-7,16H2,1H3. The molecule has 1 aliphatic carbocycles. The lowest BCUT2D eigenvalue weighted by Crippen LogP contribution is -2.17. The third kappa shape index (κ3) is 1.98. The largest absolute Gasteiger partial charge is 0.399 e. The molecule has 0 amide bonds. The Balaban J connectivity index is 1.87. The number of hydrogen-bond acceptors (Lipinski definition) is 2. The Hall–Kier alpha value is -1.51. The Morgan fingerprint density at radius 2 is 2.06 bits per heavy atom. The van der Waals surface area contributed by atoms with Crippen molar-refractivity contribution in [3.05, 3.63) is 24.5 Å². The molecule has 1 heterocycles. The van der Waals surface area contributed by atoms with Crippen LogP contribution in [-0.4, -0.2) is 9.55 Å². The second kappa shape index (κ2) is 4.63. The van der Waals surface area contributed by atoms with Gasteiger partial charge in [0.15, 0.2) is 0 Å². The fourth-order valence-corrected chi connectivity index (χ4v) is 3.17. The fourth-order valence-electron chi connectivity index (χ4n) is 3.17. The van der Waals surface area contributed by atoms with Gasteiger partial charge < -0.3 is 10.3 Å². The van der Waals surface area contributed by atoms with Gasteiger partial charge in [0, 0.05) is 11.7 Å². The lowest BCUT2D eigenvalue weighted by molar-refractivity contribution is 0.273. The van der Waals surface area contributed by atoms with Crippen LogP contribution in [0, 0.1) is 5.92 Å². The molecular formula is C15H21N3. The number of fused-ring (bicyclic) bond motifs is 1. The van der Waals surface area contributed by atoms with Crippen LogP contribution in [0.5, 0.6) is 0 Å². The van der Waals surface area contributed by atoms with Crippen LogP contribution in [0.15, 0.2) is 24.5 Å². The average molecular weight is 243 g/mol. The first kappa shape index (κ1) is 11.6. The minimum Gasteiger partial charge on any atom is -0.399 e. The summed E-state index contributed by atoms with van der Waals surface area (Å²) in [6.45, 7) is 2.31. The highest BCUT2D eigenvalue weighted by molar-refractivity contribution is 5.79. The summed E-state index contributed by atoms with van der Waals surface area (Å²) in [4.78, 5) is 4.48. The first-order valence-electron chi connectivity index (χ1n) is 7.00. The number of anilines is 1. The zero-order valence-corrected chi connectivity index (χ0v) is 11.0. The lowest BCUT2D eigenvalue weighted by atomic mass is 9.84. The van der Waals surface area contributed by atoms with Gasteiger partial charge in [-0.2, -0.15) is 0 Å². The number of nitrogens with zero attached hydrogens (tertiary/aromatic N) is 2. The van der Waals surface area contributed by atoms with Crippen molar-refractivity contribution in [1.82, 2.24) is 9.55 Å². The molecule has 0 saturated heterocycles. The second-order valence-electron chi connectivity index (χ2n) is 5.48. The number of imidazole rings is 1. The summed E-state index contributed by atoms with van der Waals surface area (Å²) in [5.74, 6) is 0.937. The Bertz CT molecular complexity index is 536. The maximum absolute atomic E-state index is 5.80. The molecule has 96 valence electrons. The van der Waals surface area contributed by atoms with Crippen molar-refractivity contribution in [3.8, 4) is 0 Å². The van der Waals surface area contributed by atoms with Crippen LogP contribution in [-0.2, 0) is 0 Å². The normalized spacial score (nSPS) is 24.5. The number of rotatable bonds is 2. The summed E-state index contributed by atoms with van der Waals surface area (Å²) in [6, 6.07) is 6.66. The predicted molar refractivity (Wildman–Crippen MR) is 75.4 cm³/mol. The molecule has 1 aromatic heterocycles. The molecule has 0 spiro atoms. The Labute approximate surface area is 108 Å². The van der Waals surface area contributed by atoms with Crippen molar-refractivity contribution < 1.29 is 0 Å². The van der Waals surface area contributed by atoms with Gasteiger partial charge in [-0.05, 0) is 49.8 Å². The van der Waals surface area contributed by atoms with Crippen molar-refractivity contribution in [3.63, 3.8) is 0 Å². The molecule has 3 rings (SSSR count). The summed E-state index contributed by atoms with van der Waals surface area (Å²) in [6.07, 6.45) is 8.60. The molecule has 0 radical (unpaired) electrons. The van der Waals surface area contributed by atoms with E-state index in [1.54, 1.807) is 0 Å². The molecule has 3 heteroatoms.